The van der Waals surface area contributed by atoms with E-state index in [1.807, 2.05) is 30.3 Å². The third-order valence-electron chi connectivity index (χ3n) is 3.64. The van der Waals surface area contributed by atoms with Crippen molar-refractivity contribution in [3.63, 3.8) is 0 Å². The van der Waals surface area contributed by atoms with Crippen molar-refractivity contribution in [2.24, 2.45) is 0 Å². The van der Waals surface area contributed by atoms with Crippen LogP contribution < -0.4 is 0 Å². The van der Waals surface area contributed by atoms with Gasteiger partial charge in [-0.1, -0.05) is 24.3 Å². The molecule has 1 aromatic rings. The number of carbonyl (C=O) groups is 2. The highest BCUT2D eigenvalue weighted by molar-refractivity contribution is 5.67. The first-order valence-electron chi connectivity index (χ1n) is 7.66. The number of hydrogen-bond acceptors (Lipinski definition) is 4. The minimum absolute atomic E-state index is 0.0951. The van der Waals surface area contributed by atoms with Gasteiger partial charge in [0.05, 0.1) is 0 Å². The Morgan fingerprint density at radius 3 is 2.50 bits per heavy atom. The molecular formula is C18H22O4. The molecular weight excluding hydrogens is 280 g/mol. The van der Waals surface area contributed by atoms with Crippen molar-refractivity contribution in [1.29, 1.82) is 0 Å². The van der Waals surface area contributed by atoms with Crippen LogP contribution in [0.15, 0.2) is 36.1 Å². The van der Waals surface area contributed by atoms with E-state index < -0.39 is 0 Å². The van der Waals surface area contributed by atoms with E-state index in [0.29, 0.717) is 18.6 Å². The molecule has 0 aliphatic heterocycles. The number of allylic oxidation sites excluding steroid dienone is 2. The third-order valence-corrected chi connectivity index (χ3v) is 3.64. The molecule has 4 heteroatoms. The van der Waals surface area contributed by atoms with Crippen LogP contribution in [-0.4, -0.2) is 18.0 Å². The fourth-order valence-electron chi connectivity index (χ4n) is 2.74. The van der Waals surface area contributed by atoms with Crippen LogP contribution >= 0.6 is 0 Å². The third kappa shape index (κ3) is 5.02. The largest absolute Gasteiger partial charge is 0.462 e. The van der Waals surface area contributed by atoms with Crippen molar-refractivity contribution in [3.05, 3.63) is 47.2 Å². The summed E-state index contributed by atoms with van der Waals surface area (Å²) >= 11 is 0. The highest BCUT2D eigenvalue weighted by Crippen LogP contribution is 2.22. The Labute approximate surface area is 131 Å². The molecule has 0 N–H and O–H groups in total. The van der Waals surface area contributed by atoms with Gasteiger partial charge in [-0.2, -0.15) is 0 Å². The second kappa shape index (κ2) is 7.78. The zero-order valence-electron chi connectivity index (χ0n) is 13.1. The second-order valence-corrected chi connectivity index (χ2v) is 5.58. The van der Waals surface area contributed by atoms with E-state index in [4.69, 9.17) is 9.47 Å². The molecule has 0 spiro atoms. The predicted octanol–water partition coefficient (Wildman–Crippen LogP) is 3.33. The molecule has 1 aliphatic carbocycles. The van der Waals surface area contributed by atoms with Gasteiger partial charge < -0.3 is 9.47 Å². The number of hydrogen-bond donors (Lipinski definition) is 0. The van der Waals surface area contributed by atoms with Gasteiger partial charge in [0.25, 0.3) is 0 Å². The fourth-order valence-corrected chi connectivity index (χ4v) is 2.74. The molecule has 4 nitrogen and oxygen atoms in total. The van der Waals surface area contributed by atoms with Crippen LogP contribution in [0.3, 0.4) is 0 Å². The Morgan fingerprint density at radius 2 is 1.82 bits per heavy atom. The average Bonchev–Trinajstić information content (AvgIpc) is 2.44. The predicted molar refractivity (Wildman–Crippen MR) is 83.1 cm³/mol. The van der Waals surface area contributed by atoms with E-state index in [1.165, 1.54) is 13.8 Å². The van der Waals surface area contributed by atoms with E-state index in [0.717, 1.165) is 30.4 Å². The Kier molecular flexibility index (Phi) is 5.75. The maximum Gasteiger partial charge on any atom is 0.307 e. The molecule has 0 radical (unpaired) electrons. The van der Waals surface area contributed by atoms with Crippen molar-refractivity contribution in [3.8, 4) is 0 Å². The average molecular weight is 302 g/mol. The molecule has 2 rings (SSSR count). The van der Waals surface area contributed by atoms with Crippen LogP contribution in [0.2, 0.25) is 0 Å². The van der Waals surface area contributed by atoms with Crippen LogP contribution in [0.4, 0.5) is 0 Å². The lowest BCUT2D eigenvalue weighted by Gasteiger charge is -2.20. The molecule has 0 aromatic heterocycles. The quantitative estimate of drug-likeness (QED) is 0.786. The van der Waals surface area contributed by atoms with Gasteiger partial charge in [-0.05, 0) is 36.5 Å². The fraction of sp³-hybridized carbons (Fsp3) is 0.444. The topological polar surface area (TPSA) is 52.6 Å². The lowest BCUT2D eigenvalue weighted by Crippen LogP contribution is -2.20. The molecule has 1 aromatic carbocycles. The van der Waals surface area contributed by atoms with E-state index >= 15 is 0 Å². The van der Waals surface area contributed by atoms with E-state index in [-0.39, 0.29) is 18.0 Å². The summed E-state index contributed by atoms with van der Waals surface area (Å²) in [5.41, 5.74) is 2.24. The first-order chi connectivity index (χ1) is 10.5. The summed E-state index contributed by atoms with van der Waals surface area (Å²) in [5.74, 6) is 0.167. The molecule has 1 atom stereocenters. The number of ether oxygens (including phenoxy) is 2. The standard InChI is InChI=1S/C18H22O4/c1-13(19)21-17-9-5-6-10-18(22-14(2)20)12-16-8-4-3-7-15(16)11-17/h3-4,7-9,18H,5-6,10-12H2,1-2H3/b17-9-. The molecule has 118 valence electrons. The lowest BCUT2D eigenvalue weighted by atomic mass is 9.94. The zero-order valence-corrected chi connectivity index (χ0v) is 13.1. The zero-order chi connectivity index (χ0) is 15.9. The molecule has 0 fully saturated rings. The first kappa shape index (κ1) is 16.3. The molecule has 22 heavy (non-hydrogen) atoms. The Bertz CT molecular complexity index is 574. The van der Waals surface area contributed by atoms with Gasteiger partial charge in [0, 0.05) is 26.7 Å². The van der Waals surface area contributed by atoms with E-state index in [9.17, 15) is 9.59 Å². The van der Waals surface area contributed by atoms with Crippen molar-refractivity contribution >= 4 is 11.9 Å². The minimum atomic E-state index is -0.293. The van der Waals surface area contributed by atoms with E-state index in [1.54, 1.807) is 0 Å². The summed E-state index contributed by atoms with van der Waals surface area (Å²) in [5, 5.41) is 0. The van der Waals surface area contributed by atoms with Gasteiger partial charge in [-0.25, -0.2) is 0 Å². The van der Waals surface area contributed by atoms with Crippen molar-refractivity contribution < 1.29 is 19.1 Å². The summed E-state index contributed by atoms with van der Waals surface area (Å²) < 4.78 is 10.7. The van der Waals surface area contributed by atoms with Gasteiger partial charge in [0.1, 0.15) is 11.9 Å². The van der Waals surface area contributed by atoms with Crippen molar-refractivity contribution in [2.75, 3.05) is 0 Å². The molecule has 1 unspecified atom stereocenters. The van der Waals surface area contributed by atoms with Gasteiger partial charge in [-0.15, -0.1) is 0 Å². The minimum Gasteiger partial charge on any atom is -0.462 e. The monoisotopic (exact) mass is 302 g/mol. The molecule has 0 amide bonds. The molecule has 0 saturated heterocycles. The molecule has 0 saturated carbocycles. The van der Waals surface area contributed by atoms with Gasteiger partial charge in [-0.3, -0.25) is 9.59 Å². The van der Waals surface area contributed by atoms with Crippen molar-refractivity contribution in [1.82, 2.24) is 0 Å². The molecule has 1 aliphatic rings. The van der Waals surface area contributed by atoms with Gasteiger partial charge in [0.2, 0.25) is 0 Å². The summed E-state index contributed by atoms with van der Waals surface area (Å²) in [6, 6.07) is 8.01. The number of carbonyl (C=O) groups excluding carboxylic acids is 2. The summed E-state index contributed by atoms with van der Waals surface area (Å²) in [6.45, 7) is 2.87. The number of rotatable bonds is 2. The molecule has 0 bridgehead atoms. The smallest absolute Gasteiger partial charge is 0.307 e. The Morgan fingerprint density at radius 1 is 1.09 bits per heavy atom. The normalized spacial score (nSPS) is 21.0. The first-order valence-corrected chi connectivity index (χ1v) is 7.66. The van der Waals surface area contributed by atoms with Crippen LogP contribution in [0.1, 0.15) is 44.2 Å². The van der Waals surface area contributed by atoms with Crippen LogP contribution in [0.25, 0.3) is 0 Å². The maximum atomic E-state index is 11.3. The second-order valence-electron chi connectivity index (χ2n) is 5.58. The van der Waals surface area contributed by atoms with Gasteiger partial charge in [0.15, 0.2) is 0 Å². The maximum absolute atomic E-state index is 11.3. The number of fused-ring (bicyclic) bond motifs is 1. The summed E-state index contributed by atoms with van der Waals surface area (Å²) in [4.78, 5) is 22.5. The van der Waals surface area contributed by atoms with Crippen LogP contribution in [0, 0.1) is 0 Å². The van der Waals surface area contributed by atoms with Crippen LogP contribution in [0.5, 0.6) is 0 Å². The van der Waals surface area contributed by atoms with Crippen molar-refractivity contribution in [2.45, 2.75) is 52.1 Å². The highest BCUT2D eigenvalue weighted by Gasteiger charge is 2.17. The van der Waals surface area contributed by atoms with Gasteiger partial charge >= 0.3 is 11.9 Å². The Balaban J connectivity index is 2.24. The Hall–Kier alpha value is -2.10. The highest BCUT2D eigenvalue weighted by atomic mass is 16.5. The SMILES string of the molecule is CC(=O)O/C1=C\CCCC(OC(C)=O)Cc2ccccc2C1. The summed E-state index contributed by atoms with van der Waals surface area (Å²) in [7, 11) is 0. The molecule has 0 heterocycles. The summed E-state index contributed by atoms with van der Waals surface area (Å²) in [6.07, 6.45) is 5.66. The van der Waals surface area contributed by atoms with Crippen LogP contribution in [-0.2, 0) is 31.9 Å². The number of benzene rings is 1. The lowest BCUT2D eigenvalue weighted by molar-refractivity contribution is -0.146. The van der Waals surface area contributed by atoms with E-state index in [2.05, 4.69) is 0 Å². The number of esters is 2.